The first-order valence-corrected chi connectivity index (χ1v) is 12.5. The molecule has 2 heterocycles. The zero-order valence-electron chi connectivity index (χ0n) is 18.2. The normalized spacial score (nSPS) is 21.1. The van der Waals surface area contributed by atoms with Gasteiger partial charge in [-0.05, 0) is 45.2 Å². The van der Waals surface area contributed by atoms with Gasteiger partial charge in [0.25, 0.3) is 0 Å². The van der Waals surface area contributed by atoms with E-state index in [-0.39, 0.29) is 29.4 Å². The number of aromatic nitrogens is 2. The molecule has 1 atom stereocenters. The Bertz CT molecular complexity index is 1160. The molecule has 2 aliphatic rings. The molecule has 7 nitrogen and oxygen atoms in total. The molecule has 1 aromatic carbocycles. The number of nitrogens with one attached hydrogen (secondary N) is 1. The molecular weight excluding hydrogens is 412 g/mol. The van der Waals surface area contributed by atoms with Crippen LogP contribution in [0.4, 0.5) is 0 Å². The molecule has 1 aliphatic heterocycles. The molecule has 1 N–H and O–H groups in total. The molecule has 0 unspecified atom stereocenters. The molecule has 1 aliphatic carbocycles. The number of hydrogen-bond acceptors (Lipinski definition) is 5. The van der Waals surface area contributed by atoms with Crippen LogP contribution < -0.4 is 5.32 Å². The summed E-state index contributed by atoms with van der Waals surface area (Å²) in [5, 5.41) is 16.9. The highest BCUT2D eigenvalue weighted by Crippen LogP contribution is 2.36. The van der Waals surface area contributed by atoms with E-state index in [2.05, 4.69) is 25.2 Å². The molecule has 0 spiro atoms. The van der Waals surface area contributed by atoms with Crippen LogP contribution >= 0.6 is 0 Å². The molecule has 4 rings (SSSR count). The van der Waals surface area contributed by atoms with Gasteiger partial charge in [-0.15, -0.1) is 0 Å². The van der Waals surface area contributed by atoms with Gasteiger partial charge < -0.3 is 5.32 Å². The molecule has 1 amide bonds. The van der Waals surface area contributed by atoms with Gasteiger partial charge >= 0.3 is 0 Å². The first-order valence-electron chi connectivity index (χ1n) is 10.7. The molecule has 0 saturated carbocycles. The number of amides is 1. The number of rotatable bonds is 5. The van der Waals surface area contributed by atoms with E-state index in [1.807, 2.05) is 28.9 Å². The summed E-state index contributed by atoms with van der Waals surface area (Å²) in [4.78, 5) is 12.9. The van der Waals surface area contributed by atoms with Crippen LogP contribution in [-0.2, 0) is 33.9 Å². The summed E-state index contributed by atoms with van der Waals surface area (Å²) in [6, 6.07) is 10.3. The van der Waals surface area contributed by atoms with Crippen LogP contribution in [0.3, 0.4) is 0 Å². The number of carbonyl (C=O) groups excluding carboxylic acids is 1. The van der Waals surface area contributed by atoms with E-state index in [0.717, 1.165) is 28.9 Å². The van der Waals surface area contributed by atoms with Crippen molar-refractivity contribution in [2.75, 3.05) is 11.5 Å². The highest BCUT2D eigenvalue weighted by atomic mass is 32.2. The van der Waals surface area contributed by atoms with Crippen molar-refractivity contribution in [1.29, 1.82) is 5.26 Å². The number of fused-ring (bicyclic) bond motifs is 1. The van der Waals surface area contributed by atoms with Crippen LogP contribution in [0.15, 0.2) is 24.3 Å². The highest BCUT2D eigenvalue weighted by Gasteiger charge is 2.46. The van der Waals surface area contributed by atoms with E-state index < -0.39 is 15.4 Å². The van der Waals surface area contributed by atoms with Gasteiger partial charge in [-0.3, -0.25) is 9.48 Å². The molecule has 1 fully saturated rings. The van der Waals surface area contributed by atoms with Gasteiger partial charge in [0.05, 0.1) is 35.2 Å². The van der Waals surface area contributed by atoms with E-state index in [9.17, 15) is 13.2 Å². The highest BCUT2D eigenvalue weighted by molar-refractivity contribution is 7.93. The summed E-state index contributed by atoms with van der Waals surface area (Å²) in [7, 11) is -3.02. The maximum Gasteiger partial charge on any atom is 0.223 e. The van der Waals surface area contributed by atoms with Crippen molar-refractivity contribution in [1.82, 2.24) is 15.1 Å². The van der Waals surface area contributed by atoms with E-state index in [0.29, 0.717) is 19.3 Å². The second-order valence-corrected chi connectivity index (χ2v) is 11.4. The second-order valence-electron chi connectivity index (χ2n) is 9.37. The summed E-state index contributed by atoms with van der Waals surface area (Å²) in [6.07, 6.45) is 2.40. The van der Waals surface area contributed by atoms with Crippen LogP contribution in [0.5, 0.6) is 0 Å². The largest absolute Gasteiger partial charge is 0.349 e. The Morgan fingerprint density at radius 2 is 2.13 bits per heavy atom. The third-order valence-electron chi connectivity index (χ3n) is 6.15. The number of carbonyl (C=O) groups is 1. The third-order valence-corrected chi connectivity index (χ3v) is 8.30. The van der Waals surface area contributed by atoms with Crippen LogP contribution in [0.25, 0.3) is 11.3 Å². The van der Waals surface area contributed by atoms with E-state index in [4.69, 9.17) is 10.4 Å². The Kier molecular flexibility index (Phi) is 5.42. The molecule has 2 aromatic rings. The maximum absolute atomic E-state index is 12.9. The maximum atomic E-state index is 12.9. The van der Waals surface area contributed by atoms with Gasteiger partial charge in [0.1, 0.15) is 0 Å². The smallest absolute Gasteiger partial charge is 0.223 e. The standard InChI is InChI=1S/C23H28N4O3S/c1-15(2)27-20-12-18(22(28)25-23(3)13-31(29,30)14-23)7-8-19(20)21(26-27)17-6-4-5-16(11-17)9-10-24/h4-6,11,15,18H,7-9,12-14H2,1-3H3,(H,25,28)/t18-/m1/s1. The lowest BCUT2D eigenvalue weighted by Gasteiger charge is -2.39. The van der Waals surface area contributed by atoms with Crippen molar-refractivity contribution in [2.24, 2.45) is 5.92 Å². The zero-order valence-corrected chi connectivity index (χ0v) is 19.0. The number of benzene rings is 1. The lowest BCUT2D eigenvalue weighted by molar-refractivity contribution is -0.126. The monoisotopic (exact) mass is 440 g/mol. The van der Waals surface area contributed by atoms with E-state index in [1.165, 1.54) is 5.56 Å². The van der Waals surface area contributed by atoms with Crippen molar-refractivity contribution < 1.29 is 13.2 Å². The molecule has 31 heavy (non-hydrogen) atoms. The lowest BCUT2D eigenvalue weighted by Crippen LogP contribution is -2.64. The van der Waals surface area contributed by atoms with Gasteiger partial charge in [-0.1, -0.05) is 18.2 Å². The quantitative estimate of drug-likeness (QED) is 0.769. The average Bonchev–Trinajstić information content (AvgIpc) is 3.05. The summed E-state index contributed by atoms with van der Waals surface area (Å²) in [6.45, 7) is 5.95. The fourth-order valence-electron chi connectivity index (χ4n) is 4.84. The van der Waals surface area contributed by atoms with Crippen LogP contribution in [0.2, 0.25) is 0 Å². The molecule has 1 saturated heterocycles. The van der Waals surface area contributed by atoms with Crippen molar-refractivity contribution in [3.8, 4) is 17.3 Å². The molecule has 0 bridgehead atoms. The van der Waals surface area contributed by atoms with Crippen molar-refractivity contribution in [3.05, 3.63) is 41.1 Å². The molecule has 164 valence electrons. The predicted octanol–water partition coefficient (Wildman–Crippen LogP) is 2.61. The first-order chi connectivity index (χ1) is 14.6. The van der Waals surface area contributed by atoms with Gasteiger partial charge in [-0.25, -0.2) is 8.42 Å². The summed E-state index contributed by atoms with van der Waals surface area (Å²) in [5.74, 6) is -0.245. The first kappa shape index (κ1) is 21.6. The van der Waals surface area contributed by atoms with Crippen LogP contribution in [0, 0.1) is 17.2 Å². The zero-order chi connectivity index (χ0) is 22.4. The molecular formula is C23H28N4O3S. The minimum absolute atomic E-state index is 0.0107. The Balaban J connectivity index is 1.60. The molecule has 8 heteroatoms. The Morgan fingerprint density at radius 3 is 2.77 bits per heavy atom. The number of sulfone groups is 1. The van der Waals surface area contributed by atoms with Gasteiger partial charge in [0.15, 0.2) is 9.84 Å². The average molecular weight is 441 g/mol. The predicted molar refractivity (Wildman–Crippen MR) is 118 cm³/mol. The van der Waals surface area contributed by atoms with Gasteiger partial charge in [-0.2, -0.15) is 10.4 Å². The van der Waals surface area contributed by atoms with Crippen molar-refractivity contribution in [3.63, 3.8) is 0 Å². The summed E-state index contributed by atoms with van der Waals surface area (Å²) in [5.41, 5.74) is 4.49. The molecule has 0 radical (unpaired) electrons. The molecule has 1 aromatic heterocycles. The number of hydrogen-bond donors (Lipinski definition) is 1. The SMILES string of the molecule is CC(C)n1nc(-c2cccc(CC#N)c2)c2c1C[C@H](C(=O)NC1(C)CS(=O)(=O)C1)CC2. The minimum Gasteiger partial charge on any atom is -0.349 e. The van der Waals surface area contributed by atoms with Crippen LogP contribution in [-0.4, -0.2) is 41.2 Å². The number of nitrogens with zero attached hydrogens (tertiary/aromatic N) is 3. The summed E-state index contributed by atoms with van der Waals surface area (Å²) < 4.78 is 25.1. The second kappa shape index (κ2) is 7.79. The Labute approximate surface area is 183 Å². The fraction of sp³-hybridized carbons (Fsp3) is 0.522. The Morgan fingerprint density at radius 1 is 1.39 bits per heavy atom. The lowest BCUT2D eigenvalue weighted by atomic mass is 9.84. The van der Waals surface area contributed by atoms with Crippen molar-refractivity contribution >= 4 is 15.7 Å². The number of nitriles is 1. The van der Waals surface area contributed by atoms with E-state index in [1.54, 1.807) is 6.92 Å². The third kappa shape index (κ3) is 4.24. The topological polar surface area (TPSA) is 105 Å². The van der Waals surface area contributed by atoms with Crippen molar-refractivity contribution in [2.45, 2.75) is 58.0 Å². The van der Waals surface area contributed by atoms with Crippen LogP contribution in [0.1, 0.15) is 50.1 Å². The van der Waals surface area contributed by atoms with E-state index >= 15 is 0 Å². The summed E-state index contributed by atoms with van der Waals surface area (Å²) >= 11 is 0. The Hall–Kier alpha value is -2.66. The van der Waals surface area contributed by atoms with Gasteiger partial charge in [0.2, 0.25) is 5.91 Å². The fourth-order valence-corrected chi connectivity index (χ4v) is 6.84. The minimum atomic E-state index is -3.02. The van der Waals surface area contributed by atoms with Gasteiger partial charge in [0, 0.05) is 35.2 Å².